The first-order valence-corrected chi connectivity index (χ1v) is 6.13. The van der Waals surface area contributed by atoms with E-state index in [4.69, 9.17) is 5.73 Å². The minimum absolute atomic E-state index is 0.201. The molecule has 0 saturated heterocycles. The number of hydrogen-bond acceptors (Lipinski definition) is 3. The monoisotopic (exact) mass is 233 g/mol. The molecular formula is C14H19NO2. The maximum Gasteiger partial charge on any atom is 0.337 e. The Balaban J connectivity index is 2.19. The van der Waals surface area contributed by atoms with Crippen molar-refractivity contribution in [1.29, 1.82) is 0 Å². The van der Waals surface area contributed by atoms with Crippen LogP contribution in [0.3, 0.4) is 0 Å². The zero-order valence-corrected chi connectivity index (χ0v) is 10.2. The molecule has 2 rings (SSSR count). The maximum absolute atomic E-state index is 11.3. The lowest BCUT2D eigenvalue weighted by molar-refractivity contribution is 0.0600. The number of methoxy groups -OCH3 is 1. The number of rotatable bonds is 2. The molecule has 0 heterocycles. The zero-order valence-electron chi connectivity index (χ0n) is 10.2. The highest BCUT2D eigenvalue weighted by molar-refractivity contribution is 5.89. The largest absolute Gasteiger partial charge is 0.465 e. The van der Waals surface area contributed by atoms with Crippen LogP contribution in [0.15, 0.2) is 24.3 Å². The van der Waals surface area contributed by atoms with Gasteiger partial charge in [-0.1, -0.05) is 31.4 Å². The molecule has 0 aliphatic heterocycles. The van der Waals surface area contributed by atoms with Crippen LogP contribution in [0.2, 0.25) is 0 Å². The van der Waals surface area contributed by atoms with Crippen molar-refractivity contribution in [2.75, 3.05) is 7.11 Å². The van der Waals surface area contributed by atoms with Gasteiger partial charge in [0.25, 0.3) is 0 Å². The summed E-state index contributed by atoms with van der Waals surface area (Å²) in [4.78, 5) is 11.3. The molecule has 1 aromatic rings. The van der Waals surface area contributed by atoms with Crippen molar-refractivity contribution in [2.45, 2.75) is 37.6 Å². The van der Waals surface area contributed by atoms with Gasteiger partial charge in [0, 0.05) is 5.54 Å². The summed E-state index contributed by atoms with van der Waals surface area (Å²) in [7, 11) is 1.39. The van der Waals surface area contributed by atoms with Crippen LogP contribution in [-0.4, -0.2) is 13.1 Å². The number of benzene rings is 1. The Bertz CT molecular complexity index is 391. The summed E-state index contributed by atoms with van der Waals surface area (Å²) in [5, 5.41) is 0. The number of esters is 1. The molecular weight excluding hydrogens is 214 g/mol. The molecule has 1 aromatic carbocycles. The van der Waals surface area contributed by atoms with Crippen LogP contribution in [0.25, 0.3) is 0 Å². The molecule has 0 spiro atoms. The Kier molecular flexibility index (Phi) is 3.48. The molecule has 0 aromatic heterocycles. The quantitative estimate of drug-likeness (QED) is 0.799. The van der Waals surface area contributed by atoms with Crippen molar-refractivity contribution < 1.29 is 9.53 Å². The van der Waals surface area contributed by atoms with E-state index in [0.717, 1.165) is 18.4 Å². The fourth-order valence-electron chi connectivity index (χ4n) is 2.53. The number of nitrogens with two attached hydrogens (primary N) is 1. The Morgan fingerprint density at radius 3 is 2.29 bits per heavy atom. The second kappa shape index (κ2) is 4.88. The van der Waals surface area contributed by atoms with Gasteiger partial charge in [0.2, 0.25) is 0 Å². The lowest BCUT2D eigenvalue weighted by Gasteiger charge is -2.34. The third kappa shape index (κ3) is 2.50. The Labute approximate surface area is 102 Å². The van der Waals surface area contributed by atoms with E-state index in [9.17, 15) is 4.79 Å². The van der Waals surface area contributed by atoms with Gasteiger partial charge in [0.1, 0.15) is 0 Å². The zero-order chi connectivity index (χ0) is 12.3. The molecule has 0 radical (unpaired) electrons. The molecule has 1 aliphatic rings. The van der Waals surface area contributed by atoms with Crippen LogP contribution < -0.4 is 5.73 Å². The Hall–Kier alpha value is -1.35. The minimum atomic E-state index is -0.300. The first-order valence-electron chi connectivity index (χ1n) is 6.13. The minimum Gasteiger partial charge on any atom is -0.465 e. The molecule has 92 valence electrons. The first kappa shape index (κ1) is 12.1. The Morgan fingerprint density at radius 2 is 1.76 bits per heavy atom. The smallest absolute Gasteiger partial charge is 0.337 e. The number of carbonyl (C=O) groups is 1. The number of carbonyl (C=O) groups excluding carboxylic acids is 1. The summed E-state index contributed by atoms with van der Waals surface area (Å²) in [5.74, 6) is -0.300. The van der Waals surface area contributed by atoms with Crippen LogP contribution in [0, 0.1) is 0 Å². The van der Waals surface area contributed by atoms with E-state index >= 15 is 0 Å². The fraction of sp³-hybridized carbons (Fsp3) is 0.500. The summed E-state index contributed by atoms with van der Waals surface area (Å²) in [6.07, 6.45) is 5.72. The van der Waals surface area contributed by atoms with Gasteiger partial charge in [-0.2, -0.15) is 0 Å². The summed E-state index contributed by atoms with van der Waals surface area (Å²) in [6.45, 7) is 0. The molecule has 3 nitrogen and oxygen atoms in total. The average Bonchev–Trinajstić information content (AvgIpc) is 2.39. The van der Waals surface area contributed by atoms with Crippen LogP contribution in [-0.2, 0) is 10.3 Å². The molecule has 0 bridgehead atoms. The van der Waals surface area contributed by atoms with Crippen molar-refractivity contribution in [1.82, 2.24) is 0 Å². The fourth-order valence-corrected chi connectivity index (χ4v) is 2.53. The van der Waals surface area contributed by atoms with Gasteiger partial charge in [0.15, 0.2) is 0 Å². The topological polar surface area (TPSA) is 52.3 Å². The summed E-state index contributed by atoms with van der Waals surface area (Å²) < 4.78 is 4.68. The SMILES string of the molecule is COC(=O)c1ccc(C2(N)CCCCC2)cc1. The highest BCUT2D eigenvalue weighted by atomic mass is 16.5. The van der Waals surface area contributed by atoms with Gasteiger partial charge in [-0.05, 0) is 30.5 Å². The van der Waals surface area contributed by atoms with Gasteiger partial charge in [-0.25, -0.2) is 4.79 Å². The van der Waals surface area contributed by atoms with Crippen molar-refractivity contribution in [2.24, 2.45) is 5.73 Å². The van der Waals surface area contributed by atoms with Gasteiger partial charge < -0.3 is 10.5 Å². The average molecular weight is 233 g/mol. The predicted octanol–water partition coefficient (Wildman–Crippen LogP) is 2.59. The van der Waals surface area contributed by atoms with E-state index < -0.39 is 0 Å². The lowest BCUT2D eigenvalue weighted by atomic mass is 9.77. The van der Waals surface area contributed by atoms with Gasteiger partial charge in [-0.15, -0.1) is 0 Å². The van der Waals surface area contributed by atoms with E-state index in [1.807, 2.05) is 12.1 Å². The third-order valence-electron chi connectivity index (χ3n) is 3.63. The molecule has 1 aliphatic carbocycles. The summed E-state index contributed by atoms with van der Waals surface area (Å²) in [6, 6.07) is 7.50. The molecule has 1 saturated carbocycles. The molecule has 0 atom stereocenters. The van der Waals surface area contributed by atoms with E-state index in [2.05, 4.69) is 4.74 Å². The second-order valence-corrected chi connectivity index (χ2v) is 4.79. The maximum atomic E-state index is 11.3. The third-order valence-corrected chi connectivity index (χ3v) is 3.63. The van der Waals surface area contributed by atoms with Crippen LogP contribution in [0.1, 0.15) is 48.0 Å². The molecule has 17 heavy (non-hydrogen) atoms. The molecule has 2 N–H and O–H groups in total. The van der Waals surface area contributed by atoms with Crippen LogP contribution >= 0.6 is 0 Å². The lowest BCUT2D eigenvalue weighted by Crippen LogP contribution is -2.38. The molecule has 0 unspecified atom stereocenters. The normalized spacial score (nSPS) is 18.7. The number of ether oxygens (including phenoxy) is 1. The van der Waals surface area contributed by atoms with Gasteiger partial charge >= 0.3 is 5.97 Å². The van der Waals surface area contributed by atoms with Crippen molar-refractivity contribution in [3.63, 3.8) is 0 Å². The first-order chi connectivity index (χ1) is 8.15. The van der Waals surface area contributed by atoms with Crippen molar-refractivity contribution in [3.8, 4) is 0 Å². The van der Waals surface area contributed by atoms with Gasteiger partial charge in [0.05, 0.1) is 12.7 Å². The van der Waals surface area contributed by atoms with E-state index in [-0.39, 0.29) is 11.5 Å². The van der Waals surface area contributed by atoms with E-state index in [1.54, 1.807) is 12.1 Å². The van der Waals surface area contributed by atoms with Gasteiger partial charge in [-0.3, -0.25) is 0 Å². The molecule has 1 fully saturated rings. The predicted molar refractivity (Wildman–Crippen MR) is 66.7 cm³/mol. The molecule has 3 heteroatoms. The summed E-state index contributed by atoms with van der Waals surface area (Å²) in [5.41, 5.74) is 7.93. The Morgan fingerprint density at radius 1 is 1.18 bits per heavy atom. The van der Waals surface area contributed by atoms with E-state index in [0.29, 0.717) is 5.56 Å². The van der Waals surface area contributed by atoms with Crippen molar-refractivity contribution in [3.05, 3.63) is 35.4 Å². The van der Waals surface area contributed by atoms with Crippen LogP contribution in [0.4, 0.5) is 0 Å². The van der Waals surface area contributed by atoms with Crippen molar-refractivity contribution >= 4 is 5.97 Å². The molecule has 0 amide bonds. The number of hydrogen-bond donors (Lipinski definition) is 1. The highest BCUT2D eigenvalue weighted by Gasteiger charge is 2.29. The summed E-state index contributed by atoms with van der Waals surface area (Å²) >= 11 is 0. The highest BCUT2D eigenvalue weighted by Crippen LogP contribution is 2.34. The van der Waals surface area contributed by atoms with E-state index in [1.165, 1.54) is 26.4 Å². The van der Waals surface area contributed by atoms with Crippen LogP contribution in [0.5, 0.6) is 0 Å². The second-order valence-electron chi connectivity index (χ2n) is 4.79. The standard InChI is InChI=1S/C14H19NO2/c1-17-13(16)11-5-7-12(8-6-11)14(15)9-3-2-4-10-14/h5-8H,2-4,9-10,15H2,1H3.